The zero-order chi connectivity index (χ0) is 13.5. The van der Waals surface area contributed by atoms with E-state index in [4.69, 9.17) is 10.8 Å². The smallest absolute Gasteiger partial charge is 0.320 e. The molecular weight excluding hydrogens is 299 g/mol. The maximum absolute atomic E-state index is 10.7. The number of carboxylic acids is 1. The minimum absolute atomic E-state index is 0. The van der Waals surface area contributed by atoms with Crippen LogP contribution in [-0.4, -0.2) is 30.2 Å². The molecule has 0 bridgehead atoms. The van der Waals surface area contributed by atoms with Crippen LogP contribution in [-0.2, 0) is 11.2 Å². The van der Waals surface area contributed by atoms with Gasteiger partial charge in [0.05, 0.1) is 0 Å². The number of anilines is 1. The third-order valence-corrected chi connectivity index (χ3v) is 2.81. The Kier molecular flexibility index (Phi) is 11.1. The standard InChI is InChI=1S/C14H20N2O2.2ClH/c1-3-9-16(4-2)12-7-5-11(6-8-12)10-13(15)14(17)18;;/h3,5-8,13H,1,4,9-10,15H2,2H3,(H,17,18);2*1H/t13-;;/m1../s1. The predicted molar refractivity (Wildman–Crippen MR) is 88.3 cm³/mol. The molecule has 3 N–H and O–H groups in total. The van der Waals surface area contributed by atoms with Crippen LogP contribution in [0.15, 0.2) is 36.9 Å². The molecule has 0 spiro atoms. The lowest BCUT2D eigenvalue weighted by Gasteiger charge is -2.21. The maximum Gasteiger partial charge on any atom is 0.320 e. The van der Waals surface area contributed by atoms with Crippen molar-refractivity contribution >= 4 is 36.5 Å². The van der Waals surface area contributed by atoms with Gasteiger partial charge in [0.1, 0.15) is 6.04 Å². The number of likely N-dealkylation sites (N-methyl/N-ethyl adjacent to an activating group) is 1. The van der Waals surface area contributed by atoms with Crippen molar-refractivity contribution in [3.05, 3.63) is 42.5 Å². The van der Waals surface area contributed by atoms with Crippen molar-refractivity contribution in [1.29, 1.82) is 0 Å². The molecule has 1 aromatic carbocycles. The van der Waals surface area contributed by atoms with Crippen molar-refractivity contribution < 1.29 is 9.90 Å². The maximum atomic E-state index is 10.7. The predicted octanol–water partition coefficient (Wildman–Crippen LogP) is 2.50. The summed E-state index contributed by atoms with van der Waals surface area (Å²) in [7, 11) is 0. The number of aliphatic carboxylic acids is 1. The molecule has 0 aromatic heterocycles. The van der Waals surface area contributed by atoms with Crippen LogP contribution in [0.3, 0.4) is 0 Å². The third kappa shape index (κ3) is 6.28. The number of nitrogens with zero attached hydrogens (tertiary/aromatic N) is 1. The van der Waals surface area contributed by atoms with E-state index in [-0.39, 0.29) is 24.8 Å². The van der Waals surface area contributed by atoms with Gasteiger partial charge in [0.15, 0.2) is 0 Å². The largest absolute Gasteiger partial charge is 0.480 e. The molecule has 0 unspecified atom stereocenters. The van der Waals surface area contributed by atoms with Crippen LogP contribution < -0.4 is 10.6 Å². The van der Waals surface area contributed by atoms with Gasteiger partial charge in [0.2, 0.25) is 0 Å². The quantitative estimate of drug-likeness (QED) is 0.757. The average molecular weight is 321 g/mol. The van der Waals surface area contributed by atoms with Gasteiger partial charge in [-0.05, 0) is 31.0 Å². The number of halogens is 2. The van der Waals surface area contributed by atoms with Crippen molar-refractivity contribution in [3.8, 4) is 0 Å². The number of carbonyl (C=O) groups is 1. The summed E-state index contributed by atoms with van der Waals surface area (Å²) in [6, 6.07) is 6.97. The molecule has 114 valence electrons. The van der Waals surface area contributed by atoms with Crippen LogP contribution in [0.4, 0.5) is 5.69 Å². The summed E-state index contributed by atoms with van der Waals surface area (Å²) in [5.74, 6) is -0.971. The first-order chi connectivity index (χ1) is 8.58. The Morgan fingerprint density at radius 1 is 1.40 bits per heavy atom. The number of nitrogens with two attached hydrogens (primary N) is 1. The van der Waals surface area contributed by atoms with Crippen LogP contribution in [0, 0.1) is 0 Å². The van der Waals surface area contributed by atoms with Crippen LogP contribution in [0.5, 0.6) is 0 Å². The highest BCUT2D eigenvalue weighted by Crippen LogP contribution is 2.15. The molecule has 0 saturated heterocycles. The molecular formula is C14H22Cl2N2O2. The Morgan fingerprint density at radius 2 is 1.95 bits per heavy atom. The Bertz CT molecular complexity index is 410. The first kappa shape index (κ1) is 21.1. The number of rotatable bonds is 7. The summed E-state index contributed by atoms with van der Waals surface area (Å²) in [6.07, 6.45) is 2.21. The Labute approximate surface area is 132 Å². The van der Waals surface area contributed by atoms with Gasteiger partial charge in [-0.1, -0.05) is 18.2 Å². The second-order valence-electron chi connectivity index (χ2n) is 4.14. The zero-order valence-corrected chi connectivity index (χ0v) is 13.1. The molecule has 1 rings (SSSR count). The second kappa shape index (κ2) is 10.5. The average Bonchev–Trinajstić information content (AvgIpc) is 2.37. The SMILES string of the molecule is C=CCN(CC)c1ccc(C[C@@H](N)C(=O)O)cc1.Cl.Cl. The molecule has 20 heavy (non-hydrogen) atoms. The van der Waals surface area contributed by atoms with Gasteiger partial charge in [-0.25, -0.2) is 0 Å². The Morgan fingerprint density at radius 3 is 2.35 bits per heavy atom. The van der Waals surface area contributed by atoms with E-state index in [9.17, 15) is 4.79 Å². The minimum atomic E-state index is -0.971. The van der Waals surface area contributed by atoms with Crippen molar-refractivity contribution in [2.75, 3.05) is 18.0 Å². The molecule has 4 nitrogen and oxygen atoms in total. The van der Waals surface area contributed by atoms with Crippen molar-refractivity contribution in [2.45, 2.75) is 19.4 Å². The monoisotopic (exact) mass is 320 g/mol. The van der Waals surface area contributed by atoms with E-state index in [1.54, 1.807) is 0 Å². The van der Waals surface area contributed by atoms with Gasteiger partial charge >= 0.3 is 5.97 Å². The fourth-order valence-corrected chi connectivity index (χ4v) is 1.76. The topological polar surface area (TPSA) is 66.6 Å². The van der Waals surface area contributed by atoms with E-state index in [1.807, 2.05) is 30.3 Å². The lowest BCUT2D eigenvalue weighted by atomic mass is 10.1. The lowest BCUT2D eigenvalue weighted by molar-refractivity contribution is -0.138. The van der Waals surface area contributed by atoms with Crippen molar-refractivity contribution in [2.24, 2.45) is 5.73 Å². The first-order valence-corrected chi connectivity index (χ1v) is 6.01. The van der Waals surface area contributed by atoms with Crippen LogP contribution in [0.1, 0.15) is 12.5 Å². The van der Waals surface area contributed by atoms with Crippen LogP contribution in [0.2, 0.25) is 0 Å². The third-order valence-electron chi connectivity index (χ3n) is 2.81. The Balaban J connectivity index is 0. The summed E-state index contributed by atoms with van der Waals surface area (Å²) in [4.78, 5) is 12.8. The number of hydrogen-bond acceptors (Lipinski definition) is 3. The summed E-state index contributed by atoms with van der Waals surface area (Å²) >= 11 is 0. The number of carboxylic acid groups (broad SMARTS) is 1. The van der Waals surface area contributed by atoms with Gasteiger partial charge in [0.25, 0.3) is 0 Å². The molecule has 0 aliphatic rings. The summed E-state index contributed by atoms with van der Waals surface area (Å²) in [5.41, 5.74) is 7.53. The van der Waals surface area contributed by atoms with Gasteiger partial charge in [-0.15, -0.1) is 31.4 Å². The van der Waals surface area contributed by atoms with E-state index in [1.165, 1.54) is 0 Å². The van der Waals surface area contributed by atoms with Crippen molar-refractivity contribution in [1.82, 2.24) is 0 Å². The van der Waals surface area contributed by atoms with Gasteiger partial charge < -0.3 is 15.7 Å². The molecule has 0 fully saturated rings. The fraction of sp³-hybridized carbons (Fsp3) is 0.357. The van der Waals surface area contributed by atoms with E-state index in [2.05, 4.69) is 18.4 Å². The highest BCUT2D eigenvalue weighted by Gasteiger charge is 2.12. The molecule has 0 saturated carbocycles. The number of hydrogen-bond donors (Lipinski definition) is 2. The molecule has 1 atom stereocenters. The molecule has 0 amide bonds. The fourth-order valence-electron chi connectivity index (χ4n) is 1.76. The van der Waals surface area contributed by atoms with Gasteiger partial charge in [0, 0.05) is 18.8 Å². The molecule has 0 aliphatic carbocycles. The summed E-state index contributed by atoms with van der Waals surface area (Å²) in [5, 5.41) is 8.75. The van der Waals surface area contributed by atoms with Crippen molar-refractivity contribution in [3.63, 3.8) is 0 Å². The second-order valence-corrected chi connectivity index (χ2v) is 4.14. The summed E-state index contributed by atoms with van der Waals surface area (Å²) in [6.45, 7) is 7.51. The molecule has 6 heteroatoms. The van der Waals surface area contributed by atoms with E-state index >= 15 is 0 Å². The normalized spacial score (nSPS) is 10.7. The van der Waals surface area contributed by atoms with Gasteiger partial charge in [-0.3, -0.25) is 4.79 Å². The zero-order valence-electron chi connectivity index (χ0n) is 11.5. The van der Waals surface area contributed by atoms with E-state index in [0.717, 1.165) is 24.3 Å². The highest BCUT2D eigenvalue weighted by molar-refractivity contribution is 5.85. The first-order valence-electron chi connectivity index (χ1n) is 6.01. The Hall–Kier alpha value is -1.23. The lowest BCUT2D eigenvalue weighted by Crippen LogP contribution is -2.32. The highest BCUT2D eigenvalue weighted by atomic mass is 35.5. The summed E-state index contributed by atoms with van der Waals surface area (Å²) < 4.78 is 0. The van der Waals surface area contributed by atoms with Crippen LogP contribution in [0.25, 0.3) is 0 Å². The number of benzene rings is 1. The molecule has 0 radical (unpaired) electrons. The molecule has 0 heterocycles. The van der Waals surface area contributed by atoms with E-state index in [0.29, 0.717) is 6.42 Å². The molecule has 0 aliphatic heterocycles. The molecule has 1 aromatic rings. The van der Waals surface area contributed by atoms with Gasteiger partial charge in [-0.2, -0.15) is 0 Å². The minimum Gasteiger partial charge on any atom is -0.480 e. The van der Waals surface area contributed by atoms with E-state index < -0.39 is 12.0 Å². The van der Waals surface area contributed by atoms with Crippen LogP contribution >= 0.6 is 24.8 Å².